The van der Waals surface area contributed by atoms with Gasteiger partial charge < -0.3 is 15.0 Å². The number of ether oxygens (including phenoxy) is 1. The van der Waals surface area contributed by atoms with Crippen LogP contribution in [0.1, 0.15) is 47.0 Å². The van der Waals surface area contributed by atoms with E-state index in [-0.39, 0.29) is 5.60 Å². The van der Waals surface area contributed by atoms with Gasteiger partial charge in [0.05, 0.1) is 5.60 Å². The highest BCUT2D eigenvalue weighted by Crippen LogP contribution is 2.28. The molecule has 0 saturated carbocycles. The van der Waals surface area contributed by atoms with Crippen molar-refractivity contribution >= 4 is 0 Å². The third kappa shape index (κ3) is 4.52. The second-order valence-corrected chi connectivity index (χ2v) is 6.98. The first-order valence-corrected chi connectivity index (χ1v) is 7.25. The number of likely N-dealkylation sites (N-methyl/N-ethyl adjacent to an activating group) is 1. The van der Waals surface area contributed by atoms with E-state index in [4.69, 9.17) is 4.74 Å². The maximum Gasteiger partial charge on any atom is 0.0775 e. The number of nitrogens with zero attached hydrogens (tertiary/aromatic N) is 1. The molecule has 0 amide bonds. The van der Waals surface area contributed by atoms with Gasteiger partial charge in [-0.05, 0) is 58.7 Å². The number of rotatable bonds is 6. The highest BCUT2D eigenvalue weighted by Gasteiger charge is 2.30. The number of methoxy groups -OCH3 is 1. The molecule has 0 aromatic rings. The number of piperidine rings is 1. The smallest absolute Gasteiger partial charge is 0.0775 e. The zero-order chi connectivity index (χ0) is 13.8. The monoisotopic (exact) mass is 256 g/mol. The Bertz CT molecular complexity index is 251. The highest BCUT2D eigenvalue weighted by atomic mass is 16.5. The van der Waals surface area contributed by atoms with Gasteiger partial charge in [-0.25, -0.2) is 0 Å². The standard InChI is InChI=1S/C15H32N2O/c1-14(2)9-7-10-17(12-14)11-8-13(16-5)15(3,4)18-6/h13,16H,7-12H2,1-6H3. The van der Waals surface area contributed by atoms with Crippen molar-refractivity contribution in [1.82, 2.24) is 10.2 Å². The Hall–Kier alpha value is -0.120. The van der Waals surface area contributed by atoms with Crippen molar-refractivity contribution < 1.29 is 4.74 Å². The van der Waals surface area contributed by atoms with Crippen LogP contribution < -0.4 is 5.32 Å². The molecule has 0 aromatic heterocycles. The second-order valence-electron chi connectivity index (χ2n) is 6.98. The van der Waals surface area contributed by atoms with Crippen LogP contribution in [-0.2, 0) is 4.74 Å². The van der Waals surface area contributed by atoms with Crippen LogP contribution in [0.15, 0.2) is 0 Å². The molecule has 3 heteroatoms. The van der Waals surface area contributed by atoms with Gasteiger partial charge >= 0.3 is 0 Å². The largest absolute Gasteiger partial charge is 0.377 e. The summed E-state index contributed by atoms with van der Waals surface area (Å²) in [6.45, 7) is 12.7. The lowest BCUT2D eigenvalue weighted by molar-refractivity contribution is -0.0146. The van der Waals surface area contributed by atoms with Gasteiger partial charge in [0, 0.05) is 19.7 Å². The maximum atomic E-state index is 5.59. The summed E-state index contributed by atoms with van der Waals surface area (Å²) in [7, 11) is 3.83. The minimum absolute atomic E-state index is 0.0972. The lowest BCUT2D eigenvalue weighted by Gasteiger charge is -2.40. The molecule has 18 heavy (non-hydrogen) atoms. The summed E-state index contributed by atoms with van der Waals surface area (Å²) >= 11 is 0. The molecule has 1 fully saturated rings. The summed E-state index contributed by atoms with van der Waals surface area (Å²) < 4.78 is 5.59. The van der Waals surface area contributed by atoms with Gasteiger partial charge in [-0.15, -0.1) is 0 Å². The summed E-state index contributed by atoms with van der Waals surface area (Å²) in [5.41, 5.74) is 0.393. The Morgan fingerprint density at radius 2 is 2.06 bits per heavy atom. The molecule has 1 unspecified atom stereocenters. The molecule has 1 heterocycles. The first-order valence-electron chi connectivity index (χ1n) is 7.25. The molecule has 1 N–H and O–H groups in total. The van der Waals surface area contributed by atoms with Gasteiger partial charge in [-0.1, -0.05) is 13.8 Å². The van der Waals surface area contributed by atoms with Crippen LogP contribution in [0.4, 0.5) is 0 Å². The second kappa shape index (κ2) is 6.36. The van der Waals surface area contributed by atoms with Crippen LogP contribution in [0.3, 0.4) is 0 Å². The van der Waals surface area contributed by atoms with E-state index in [0.717, 1.165) is 6.42 Å². The fraction of sp³-hybridized carbons (Fsp3) is 1.00. The number of hydrogen-bond donors (Lipinski definition) is 1. The Labute approximate surface area is 113 Å². The van der Waals surface area contributed by atoms with Crippen molar-refractivity contribution in [3.63, 3.8) is 0 Å². The average molecular weight is 256 g/mol. The molecular weight excluding hydrogens is 224 g/mol. The summed E-state index contributed by atoms with van der Waals surface area (Å²) in [6, 6.07) is 0.410. The molecule has 1 atom stereocenters. The van der Waals surface area contributed by atoms with E-state index in [1.807, 2.05) is 7.05 Å². The van der Waals surface area contributed by atoms with E-state index < -0.39 is 0 Å². The predicted molar refractivity (Wildman–Crippen MR) is 78.0 cm³/mol. The Kier molecular flexibility index (Phi) is 5.63. The van der Waals surface area contributed by atoms with Crippen molar-refractivity contribution in [3.8, 4) is 0 Å². The molecule has 1 rings (SSSR count). The number of hydrogen-bond acceptors (Lipinski definition) is 3. The minimum atomic E-state index is -0.0972. The Morgan fingerprint density at radius 3 is 2.56 bits per heavy atom. The fourth-order valence-electron chi connectivity index (χ4n) is 3.03. The third-order valence-corrected chi connectivity index (χ3v) is 4.43. The quantitative estimate of drug-likeness (QED) is 0.790. The van der Waals surface area contributed by atoms with Crippen LogP contribution in [-0.4, -0.2) is 50.3 Å². The molecule has 0 bridgehead atoms. The zero-order valence-electron chi connectivity index (χ0n) is 13.2. The molecule has 1 aliphatic heterocycles. The minimum Gasteiger partial charge on any atom is -0.377 e. The van der Waals surface area contributed by atoms with Crippen LogP contribution in [0.5, 0.6) is 0 Å². The topological polar surface area (TPSA) is 24.5 Å². The molecule has 108 valence electrons. The van der Waals surface area contributed by atoms with E-state index in [0.29, 0.717) is 11.5 Å². The lowest BCUT2D eigenvalue weighted by Crippen LogP contribution is -2.49. The van der Waals surface area contributed by atoms with Gasteiger partial charge in [0.25, 0.3) is 0 Å². The summed E-state index contributed by atoms with van der Waals surface area (Å²) in [5, 5.41) is 3.40. The van der Waals surface area contributed by atoms with Crippen LogP contribution >= 0.6 is 0 Å². The van der Waals surface area contributed by atoms with Crippen molar-refractivity contribution in [3.05, 3.63) is 0 Å². The van der Waals surface area contributed by atoms with Crippen molar-refractivity contribution in [2.45, 2.75) is 58.6 Å². The molecule has 0 spiro atoms. The van der Waals surface area contributed by atoms with E-state index in [1.165, 1.54) is 32.5 Å². The van der Waals surface area contributed by atoms with Crippen LogP contribution in [0.25, 0.3) is 0 Å². The van der Waals surface area contributed by atoms with Gasteiger partial charge in [0.2, 0.25) is 0 Å². The number of nitrogens with one attached hydrogen (secondary N) is 1. The number of likely N-dealkylation sites (tertiary alicyclic amines) is 1. The van der Waals surface area contributed by atoms with Crippen LogP contribution in [0, 0.1) is 5.41 Å². The van der Waals surface area contributed by atoms with Crippen LogP contribution in [0.2, 0.25) is 0 Å². The van der Waals surface area contributed by atoms with Crippen molar-refractivity contribution in [1.29, 1.82) is 0 Å². The molecule has 0 aromatic carbocycles. The first kappa shape index (κ1) is 15.9. The normalized spacial score (nSPS) is 23.0. The molecule has 0 aliphatic carbocycles. The summed E-state index contributed by atoms with van der Waals surface area (Å²) in [5.74, 6) is 0. The fourth-order valence-corrected chi connectivity index (χ4v) is 3.03. The maximum absolute atomic E-state index is 5.59. The average Bonchev–Trinajstić information content (AvgIpc) is 2.28. The summed E-state index contributed by atoms with van der Waals surface area (Å²) in [4.78, 5) is 2.61. The predicted octanol–water partition coefficient (Wildman–Crippen LogP) is 2.51. The van der Waals surface area contributed by atoms with Gasteiger partial charge in [-0.2, -0.15) is 0 Å². The molecule has 1 aliphatic rings. The van der Waals surface area contributed by atoms with E-state index >= 15 is 0 Å². The van der Waals surface area contributed by atoms with E-state index in [1.54, 1.807) is 7.11 Å². The third-order valence-electron chi connectivity index (χ3n) is 4.43. The molecule has 1 saturated heterocycles. The Balaban J connectivity index is 2.43. The SMILES string of the molecule is CNC(CCN1CCCC(C)(C)C1)C(C)(C)OC. The van der Waals surface area contributed by atoms with Crippen molar-refractivity contribution in [2.75, 3.05) is 33.8 Å². The molecule has 3 nitrogen and oxygen atoms in total. The molecular formula is C15H32N2O. The highest BCUT2D eigenvalue weighted by molar-refractivity contribution is 4.86. The van der Waals surface area contributed by atoms with Gasteiger partial charge in [0.1, 0.15) is 0 Å². The van der Waals surface area contributed by atoms with Gasteiger partial charge in [-0.3, -0.25) is 0 Å². The van der Waals surface area contributed by atoms with E-state index in [2.05, 4.69) is 37.9 Å². The lowest BCUT2D eigenvalue weighted by atomic mass is 9.84. The zero-order valence-corrected chi connectivity index (χ0v) is 13.2. The summed E-state index contributed by atoms with van der Waals surface area (Å²) in [6.07, 6.45) is 3.85. The molecule has 0 radical (unpaired) electrons. The van der Waals surface area contributed by atoms with E-state index in [9.17, 15) is 0 Å². The first-order chi connectivity index (χ1) is 8.30. The van der Waals surface area contributed by atoms with Gasteiger partial charge in [0.15, 0.2) is 0 Å². The Morgan fingerprint density at radius 1 is 1.39 bits per heavy atom. The van der Waals surface area contributed by atoms with Crippen molar-refractivity contribution in [2.24, 2.45) is 5.41 Å².